The highest BCUT2D eigenvalue weighted by Crippen LogP contribution is 2.35. The van der Waals surface area contributed by atoms with Gasteiger partial charge in [0.2, 0.25) is 0 Å². The third kappa shape index (κ3) is 6.69. The maximum atomic E-state index is 15.2. The van der Waals surface area contributed by atoms with Crippen LogP contribution in [0.1, 0.15) is 22.3 Å². The zero-order valence-corrected chi connectivity index (χ0v) is 23.2. The third-order valence-electron chi connectivity index (χ3n) is 6.36. The van der Waals surface area contributed by atoms with Gasteiger partial charge in [-0.05, 0) is 48.5 Å². The van der Waals surface area contributed by atoms with E-state index in [9.17, 15) is 50.9 Å². The lowest BCUT2D eigenvalue weighted by atomic mass is 9.98. The Kier molecular flexibility index (Phi) is 9.35. The van der Waals surface area contributed by atoms with Crippen LogP contribution in [0, 0.1) is 68.6 Å². The number of hydrogen-bond donors (Lipinski definition) is 0. The van der Waals surface area contributed by atoms with Gasteiger partial charge in [0.05, 0.1) is 22.3 Å². The van der Waals surface area contributed by atoms with E-state index < -0.39 is 102 Å². The molecule has 0 saturated carbocycles. The summed E-state index contributed by atoms with van der Waals surface area (Å²) in [5, 5.41) is 36.6. The van der Waals surface area contributed by atoms with Crippen molar-refractivity contribution >= 4 is 11.1 Å². The highest BCUT2D eigenvalue weighted by atomic mass is 19.4. The minimum atomic E-state index is -4.91. The van der Waals surface area contributed by atoms with Gasteiger partial charge in [0.25, 0.3) is 0 Å². The van der Waals surface area contributed by atoms with Gasteiger partial charge in [0.15, 0.2) is 23.3 Å². The average Bonchev–Trinajstić information content (AvgIpc) is 3.03. The van der Waals surface area contributed by atoms with E-state index in [4.69, 9.17) is 14.7 Å². The first-order valence-electron chi connectivity index (χ1n) is 12.6. The molecule has 0 N–H and O–H groups in total. The van der Waals surface area contributed by atoms with Crippen LogP contribution in [-0.4, -0.2) is 0 Å². The molecule has 0 aliphatic heterocycles. The second-order valence-electron chi connectivity index (χ2n) is 9.30. The molecule has 16 heteroatoms. The number of ether oxygens (including phenoxy) is 2. The monoisotopic (exact) mass is 672 g/mol. The molecule has 0 aromatic heterocycles. The van der Waals surface area contributed by atoms with Crippen LogP contribution in [0.25, 0.3) is 11.1 Å². The molecule has 0 atom stereocenters. The highest BCUT2D eigenvalue weighted by molar-refractivity contribution is 5.80. The van der Waals surface area contributed by atoms with E-state index in [1.54, 1.807) is 0 Å². The Morgan fingerprint density at radius 3 is 1.40 bits per heavy atom. The second-order valence-corrected chi connectivity index (χ2v) is 9.30. The molecular formula is C32H10F10N4O2. The highest BCUT2D eigenvalue weighted by Gasteiger charge is 2.32. The predicted octanol–water partition coefficient (Wildman–Crippen LogP) is 7.66. The molecule has 4 rings (SSSR count). The van der Waals surface area contributed by atoms with Gasteiger partial charge < -0.3 is 9.47 Å². The number of halogens is 10. The van der Waals surface area contributed by atoms with Crippen LogP contribution < -0.4 is 19.9 Å². The van der Waals surface area contributed by atoms with E-state index in [1.807, 2.05) is 0 Å². The first-order valence-corrected chi connectivity index (χ1v) is 12.6. The molecule has 0 aliphatic rings. The van der Waals surface area contributed by atoms with E-state index in [1.165, 1.54) is 18.2 Å². The van der Waals surface area contributed by atoms with E-state index >= 15 is 8.78 Å². The van der Waals surface area contributed by atoms with Crippen LogP contribution in [0.4, 0.5) is 43.9 Å². The topological polar surface area (TPSA) is 114 Å². The maximum Gasteiger partial charge on any atom is 0.416 e. The van der Waals surface area contributed by atoms with E-state index in [0.717, 1.165) is 30.3 Å². The van der Waals surface area contributed by atoms with Crippen LogP contribution in [-0.2, 0) is 12.4 Å². The smallest absolute Gasteiger partial charge is 0.416 e. The van der Waals surface area contributed by atoms with Crippen molar-refractivity contribution in [1.82, 2.24) is 0 Å². The second kappa shape index (κ2) is 13.1. The summed E-state index contributed by atoms with van der Waals surface area (Å²) in [6, 6.07) is 12.3. The molecule has 0 aliphatic carbocycles. The molecule has 240 valence electrons. The van der Waals surface area contributed by atoms with Crippen molar-refractivity contribution in [3.63, 3.8) is 0 Å². The molecule has 0 saturated heterocycles. The van der Waals surface area contributed by atoms with Crippen LogP contribution >= 0.6 is 0 Å². The Labute approximate surface area is 262 Å². The summed E-state index contributed by atoms with van der Waals surface area (Å²) in [6.45, 7) is 0. The molecular weight excluding hydrogens is 662 g/mol. The number of nitriles is 4. The van der Waals surface area contributed by atoms with Crippen molar-refractivity contribution in [2.75, 3.05) is 0 Å². The number of hydrogen-bond acceptors (Lipinski definition) is 6. The summed E-state index contributed by atoms with van der Waals surface area (Å²) in [4.78, 5) is 0. The average molecular weight is 672 g/mol. The Balaban J connectivity index is 2.19. The summed E-state index contributed by atoms with van der Waals surface area (Å²) in [5.41, 5.74) is -8.05. The molecule has 6 nitrogen and oxygen atoms in total. The van der Waals surface area contributed by atoms with Gasteiger partial charge in [-0.1, -0.05) is 12.1 Å². The number of benzene rings is 4. The minimum Gasteiger partial charge on any atom is -0.457 e. The fraction of sp³-hybridized carbons (Fsp3) is 0.0625. The van der Waals surface area contributed by atoms with Gasteiger partial charge in [0.1, 0.15) is 58.4 Å². The zero-order valence-electron chi connectivity index (χ0n) is 23.2. The summed E-state index contributed by atoms with van der Waals surface area (Å²) < 4.78 is 151. The third-order valence-corrected chi connectivity index (χ3v) is 6.36. The fourth-order valence-corrected chi connectivity index (χ4v) is 4.19. The lowest BCUT2D eigenvalue weighted by Gasteiger charge is -2.15. The van der Waals surface area contributed by atoms with Gasteiger partial charge in [-0.25, -0.2) is 17.6 Å². The van der Waals surface area contributed by atoms with E-state index in [2.05, 4.69) is 0 Å². The molecule has 0 amide bonds. The van der Waals surface area contributed by atoms with Crippen molar-refractivity contribution in [3.8, 4) is 47.3 Å². The van der Waals surface area contributed by atoms with Crippen LogP contribution in [0.5, 0.6) is 23.0 Å². The summed E-state index contributed by atoms with van der Waals surface area (Å²) in [6.07, 6.45) is -9.79. The van der Waals surface area contributed by atoms with Crippen molar-refractivity contribution in [2.24, 2.45) is 0 Å². The van der Waals surface area contributed by atoms with Crippen molar-refractivity contribution in [1.29, 1.82) is 21.0 Å². The lowest BCUT2D eigenvalue weighted by molar-refractivity contribution is -0.138. The fourth-order valence-electron chi connectivity index (χ4n) is 4.19. The molecule has 0 bridgehead atoms. The zero-order chi connectivity index (χ0) is 35.6. The maximum absolute atomic E-state index is 15.2. The van der Waals surface area contributed by atoms with E-state index in [0.29, 0.717) is 36.4 Å². The van der Waals surface area contributed by atoms with Crippen LogP contribution in [0.15, 0.2) is 60.7 Å². The van der Waals surface area contributed by atoms with Gasteiger partial charge >= 0.3 is 12.4 Å². The molecule has 0 fully saturated rings. The quantitative estimate of drug-likeness (QED) is 0.159. The largest absolute Gasteiger partial charge is 0.457 e. The lowest BCUT2D eigenvalue weighted by Crippen LogP contribution is -2.20. The number of nitrogens with zero attached hydrogens (tertiary/aromatic N) is 4. The standard InChI is InChI=1S/C32H10F10N4O2/c33-27-23(14-46)28(34)30(36)26(29(27)35)22(13-45)21-10-24(47-18-5-1-3-16(7-18)31(37,38)39)20(15(11-43)12-44)9-25(21)48-19-6-2-4-17(8-19)32(40,41)42/h1-10H/b22-21+. The van der Waals surface area contributed by atoms with Crippen molar-refractivity contribution in [3.05, 3.63) is 117 Å². The molecule has 0 spiro atoms. The van der Waals surface area contributed by atoms with E-state index in [-0.39, 0.29) is 0 Å². The Bertz CT molecular complexity index is 2220. The van der Waals surface area contributed by atoms with Crippen molar-refractivity contribution in [2.45, 2.75) is 12.4 Å². The van der Waals surface area contributed by atoms with Gasteiger partial charge in [-0.15, -0.1) is 0 Å². The predicted molar refractivity (Wildman–Crippen MR) is 142 cm³/mol. The first-order chi connectivity index (χ1) is 22.5. The molecule has 48 heavy (non-hydrogen) atoms. The molecule has 0 unspecified atom stereocenters. The summed E-state index contributed by atoms with van der Waals surface area (Å²) >= 11 is 0. The number of rotatable bonds is 5. The van der Waals surface area contributed by atoms with Crippen molar-refractivity contribution < 1.29 is 53.4 Å². The molecule has 0 heterocycles. The molecule has 4 aromatic rings. The number of alkyl halides is 6. The molecule has 4 aromatic carbocycles. The normalized spacial score (nSPS) is 11.8. The van der Waals surface area contributed by atoms with Gasteiger partial charge in [-0.2, -0.15) is 47.4 Å². The van der Waals surface area contributed by atoms with Crippen LogP contribution in [0.3, 0.4) is 0 Å². The SMILES string of the molecule is N#CC(C#N)=c1cc(Oc2cccc(C(F)(F)F)c2)/c(=C(\C#N)c2c(F)c(F)c(C#N)c(F)c2F)cc1Oc1cccc(C(F)(F)F)c1. The Morgan fingerprint density at radius 2 is 1.00 bits per heavy atom. The first kappa shape index (κ1) is 34.4. The summed E-state index contributed by atoms with van der Waals surface area (Å²) in [5.74, 6) is -11.8. The minimum absolute atomic E-state index is 0.448. The van der Waals surface area contributed by atoms with Gasteiger partial charge in [-0.3, -0.25) is 0 Å². The Morgan fingerprint density at radius 1 is 0.562 bits per heavy atom. The molecule has 0 radical (unpaired) electrons. The van der Waals surface area contributed by atoms with Gasteiger partial charge in [0, 0.05) is 10.4 Å². The van der Waals surface area contributed by atoms with Crippen LogP contribution in [0.2, 0.25) is 0 Å². The summed E-state index contributed by atoms with van der Waals surface area (Å²) in [7, 11) is 0. The Hall–Kier alpha value is -6.52.